The van der Waals surface area contributed by atoms with Crippen LogP contribution >= 0.6 is 12.4 Å². The van der Waals surface area contributed by atoms with E-state index in [2.05, 4.69) is 5.32 Å². The molecule has 0 bridgehead atoms. The number of rotatable bonds is 6. The Bertz CT molecular complexity index is 510. The molecule has 0 aromatic carbocycles. The van der Waals surface area contributed by atoms with Crippen LogP contribution in [0.5, 0.6) is 0 Å². The van der Waals surface area contributed by atoms with Crippen LogP contribution in [0.3, 0.4) is 0 Å². The lowest BCUT2D eigenvalue weighted by Gasteiger charge is -2.35. The number of furan rings is 1. The van der Waals surface area contributed by atoms with Gasteiger partial charge in [-0.3, -0.25) is 9.59 Å². The number of carbonyl (C=O) groups excluding carboxylic acids is 2. The maximum absolute atomic E-state index is 12.1. The molecular formula is C15H24ClN3O3. The van der Waals surface area contributed by atoms with Gasteiger partial charge in [0.2, 0.25) is 5.91 Å². The summed E-state index contributed by atoms with van der Waals surface area (Å²) in [5.74, 6) is -0.0243. The van der Waals surface area contributed by atoms with Gasteiger partial charge < -0.3 is 21.2 Å². The molecule has 0 spiro atoms. The largest absolute Gasteiger partial charge is 0.454 e. The molecule has 0 aliphatic heterocycles. The standard InChI is InChI=1S/C15H23N3O3.ClH/c16-10-15(6-2-1-3-7-15)8-13(19)18-9-11-4-5-12(21-11)14(17)20;/h4-5H,1-3,6-10,16H2,(H2,17,20)(H,18,19);1H. The minimum absolute atomic E-state index is 0. The quantitative estimate of drug-likeness (QED) is 0.737. The van der Waals surface area contributed by atoms with Gasteiger partial charge in [0.15, 0.2) is 5.76 Å². The van der Waals surface area contributed by atoms with Gasteiger partial charge in [-0.05, 0) is 36.9 Å². The number of primary amides is 1. The maximum Gasteiger partial charge on any atom is 0.284 e. The van der Waals surface area contributed by atoms with E-state index in [0.717, 1.165) is 25.7 Å². The van der Waals surface area contributed by atoms with Gasteiger partial charge in [-0.2, -0.15) is 0 Å². The molecule has 0 saturated heterocycles. The second-order valence-electron chi connectivity index (χ2n) is 5.85. The Morgan fingerprint density at radius 3 is 2.45 bits per heavy atom. The van der Waals surface area contributed by atoms with Crippen LogP contribution in [0.15, 0.2) is 16.5 Å². The van der Waals surface area contributed by atoms with Crippen molar-refractivity contribution in [2.75, 3.05) is 6.54 Å². The number of hydrogen-bond donors (Lipinski definition) is 3. The summed E-state index contributed by atoms with van der Waals surface area (Å²) in [6.45, 7) is 0.805. The molecule has 2 rings (SSSR count). The van der Waals surface area contributed by atoms with Crippen LogP contribution in [0, 0.1) is 5.41 Å². The first kappa shape index (κ1) is 18.5. The van der Waals surface area contributed by atoms with E-state index >= 15 is 0 Å². The van der Waals surface area contributed by atoms with Gasteiger partial charge in [-0.15, -0.1) is 12.4 Å². The zero-order valence-corrected chi connectivity index (χ0v) is 13.4. The Hall–Kier alpha value is -1.53. The Labute approximate surface area is 136 Å². The molecular weight excluding hydrogens is 306 g/mol. The summed E-state index contributed by atoms with van der Waals surface area (Å²) in [6.07, 6.45) is 6.00. The number of hydrogen-bond acceptors (Lipinski definition) is 4. The highest BCUT2D eigenvalue weighted by molar-refractivity contribution is 5.89. The van der Waals surface area contributed by atoms with Crippen molar-refractivity contribution in [3.8, 4) is 0 Å². The smallest absolute Gasteiger partial charge is 0.284 e. The van der Waals surface area contributed by atoms with Crippen molar-refractivity contribution in [3.05, 3.63) is 23.7 Å². The molecule has 0 radical (unpaired) electrons. The highest BCUT2D eigenvalue weighted by atomic mass is 35.5. The maximum atomic E-state index is 12.1. The van der Waals surface area contributed by atoms with Crippen molar-refractivity contribution in [2.24, 2.45) is 16.9 Å². The third kappa shape index (κ3) is 4.74. The molecule has 22 heavy (non-hydrogen) atoms. The van der Waals surface area contributed by atoms with Crippen LogP contribution < -0.4 is 16.8 Å². The number of halogens is 1. The summed E-state index contributed by atoms with van der Waals surface area (Å²) in [4.78, 5) is 23.0. The molecule has 1 heterocycles. The average molecular weight is 330 g/mol. The van der Waals surface area contributed by atoms with Crippen molar-refractivity contribution in [3.63, 3.8) is 0 Å². The molecule has 1 aromatic heterocycles. The van der Waals surface area contributed by atoms with E-state index in [-0.39, 0.29) is 36.0 Å². The Morgan fingerprint density at radius 2 is 1.91 bits per heavy atom. The average Bonchev–Trinajstić information content (AvgIpc) is 2.95. The van der Waals surface area contributed by atoms with E-state index in [0.29, 0.717) is 18.7 Å². The van der Waals surface area contributed by atoms with Gasteiger partial charge in [0.25, 0.3) is 5.91 Å². The Kier molecular flexibility index (Phi) is 6.90. The molecule has 2 amide bonds. The molecule has 1 saturated carbocycles. The second kappa shape index (κ2) is 8.19. The lowest BCUT2D eigenvalue weighted by molar-refractivity contribution is -0.124. The van der Waals surface area contributed by atoms with Crippen molar-refractivity contribution in [1.82, 2.24) is 5.32 Å². The Balaban J connectivity index is 0.00000242. The van der Waals surface area contributed by atoms with Crippen molar-refractivity contribution in [1.29, 1.82) is 0 Å². The van der Waals surface area contributed by atoms with Crippen LogP contribution in [0.25, 0.3) is 0 Å². The first-order valence-corrected chi connectivity index (χ1v) is 7.40. The van der Waals surface area contributed by atoms with Crippen molar-refractivity contribution >= 4 is 24.2 Å². The SMILES string of the molecule is Cl.NCC1(CC(=O)NCc2ccc(C(N)=O)o2)CCCCC1. The lowest BCUT2D eigenvalue weighted by atomic mass is 9.71. The second-order valence-corrected chi connectivity index (χ2v) is 5.85. The van der Waals surface area contributed by atoms with Gasteiger partial charge in [0.05, 0.1) is 6.54 Å². The number of amides is 2. The minimum Gasteiger partial charge on any atom is -0.454 e. The molecule has 1 aliphatic carbocycles. The molecule has 124 valence electrons. The van der Waals surface area contributed by atoms with Crippen LogP contribution in [-0.4, -0.2) is 18.4 Å². The van der Waals surface area contributed by atoms with Gasteiger partial charge in [-0.25, -0.2) is 0 Å². The molecule has 1 fully saturated rings. The van der Waals surface area contributed by atoms with Gasteiger partial charge in [-0.1, -0.05) is 19.3 Å². The van der Waals surface area contributed by atoms with E-state index in [4.69, 9.17) is 15.9 Å². The first-order chi connectivity index (χ1) is 10.0. The summed E-state index contributed by atoms with van der Waals surface area (Å²) >= 11 is 0. The van der Waals surface area contributed by atoms with E-state index in [9.17, 15) is 9.59 Å². The van der Waals surface area contributed by atoms with Gasteiger partial charge in [0.1, 0.15) is 5.76 Å². The van der Waals surface area contributed by atoms with Gasteiger partial charge >= 0.3 is 0 Å². The molecule has 6 nitrogen and oxygen atoms in total. The fourth-order valence-corrected chi connectivity index (χ4v) is 2.95. The highest BCUT2D eigenvalue weighted by Gasteiger charge is 2.32. The van der Waals surface area contributed by atoms with Crippen LogP contribution in [0.1, 0.15) is 54.8 Å². The lowest BCUT2D eigenvalue weighted by Crippen LogP contribution is -2.38. The van der Waals surface area contributed by atoms with Crippen LogP contribution in [0.2, 0.25) is 0 Å². The predicted octanol–water partition coefficient (Wildman–Crippen LogP) is 1.72. The van der Waals surface area contributed by atoms with Crippen molar-refractivity contribution < 1.29 is 14.0 Å². The first-order valence-electron chi connectivity index (χ1n) is 7.40. The molecule has 0 atom stereocenters. The fraction of sp³-hybridized carbons (Fsp3) is 0.600. The van der Waals surface area contributed by atoms with Crippen molar-refractivity contribution in [2.45, 2.75) is 45.1 Å². The number of nitrogens with one attached hydrogen (secondary N) is 1. The normalized spacial score (nSPS) is 16.6. The summed E-state index contributed by atoms with van der Waals surface area (Å²) in [5, 5.41) is 2.82. The molecule has 1 aliphatic rings. The summed E-state index contributed by atoms with van der Waals surface area (Å²) in [5.41, 5.74) is 10.9. The topological polar surface area (TPSA) is 111 Å². The number of nitrogens with two attached hydrogens (primary N) is 2. The fourth-order valence-electron chi connectivity index (χ4n) is 2.95. The number of carbonyl (C=O) groups is 2. The van der Waals surface area contributed by atoms with Crippen LogP contribution in [0.4, 0.5) is 0 Å². The predicted molar refractivity (Wildman–Crippen MR) is 85.5 cm³/mol. The van der Waals surface area contributed by atoms with Crippen LogP contribution in [-0.2, 0) is 11.3 Å². The minimum atomic E-state index is -0.614. The zero-order chi connectivity index (χ0) is 15.3. The molecule has 5 N–H and O–H groups in total. The van der Waals surface area contributed by atoms with E-state index < -0.39 is 5.91 Å². The third-order valence-corrected chi connectivity index (χ3v) is 4.25. The third-order valence-electron chi connectivity index (χ3n) is 4.25. The summed E-state index contributed by atoms with van der Waals surface area (Å²) < 4.78 is 5.22. The van der Waals surface area contributed by atoms with E-state index in [1.165, 1.54) is 12.5 Å². The van der Waals surface area contributed by atoms with E-state index in [1.807, 2.05) is 0 Å². The Morgan fingerprint density at radius 1 is 1.23 bits per heavy atom. The van der Waals surface area contributed by atoms with Gasteiger partial charge in [0, 0.05) is 6.42 Å². The summed E-state index contributed by atoms with van der Waals surface area (Å²) in [6, 6.07) is 3.14. The molecule has 0 unspecified atom stereocenters. The highest BCUT2D eigenvalue weighted by Crippen LogP contribution is 2.38. The monoisotopic (exact) mass is 329 g/mol. The summed E-state index contributed by atoms with van der Waals surface area (Å²) in [7, 11) is 0. The molecule has 1 aromatic rings. The van der Waals surface area contributed by atoms with E-state index in [1.54, 1.807) is 6.07 Å². The zero-order valence-electron chi connectivity index (χ0n) is 12.6. The molecule has 7 heteroatoms.